The van der Waals surface area contributed by atoms with Crippen LogP contribution in [-0.2, 0) is 15.9 Å². The maximum absolute atomic E-state index is 12.9. The summed E-state index contributed by atoms with van der Waals surface area (Å²) in [5, 5.41) is 13.5. The van der Waals surface area contributed by atoms with Crippen molar-refractivity contribution in [1.82, 2.24) is 10.6 Å². The lowest BCUT2D eigenvalue weighted by Crippen LogP contribution is -2.66. The first kappa shape index (κ1) is 36.7. The molecule has 47 heavy (non-hydrogen) atoms. The fraction of sp³-hybridized carbons (Fsp3) is 0.641. The van der Waals surface area contributed by atoms with Crippen molar-refractivity contribution in [3.63, 3.8) is 0 Å². The van der Waals surface area contributed by atoms with Gasteiger partial charge in [0.25, 0.3) is 0 Å². The molecule has 2 fully saturated rings. The summed E-state index contributed by atoms with van der Waals surface area (Å²) in [6.45, 7) is 22.0. The van der Waals surface area contributed by atoms with Gasteiger partial charge >= 0.3 is 12.2 Å². The Kier molecular flexibility index (Phi) is 11.4. The van der Waals surface area contributed by atoms with Crippen molar-refractivity contribution in [3.05, 3.63) is 59.7 Å². The first-order valence-corrected chi connectivity index (χ1v) is 17.8. The van der Waals surface area contributed by atoms with Crippen LogP contribution >= 0.6 is 0 Å². The zero-order valence-electron chi connectivity index (χ0n) is 30.5. The van der Waals surface area contributed by atoms with Gasteiger partial charge in [-0.2, -0.15) is 0 Å². The van der Waals surface area contributed by atoms with Gasteiger partial charge < -0.3 is 20.1 Å². The first-order chi connectivity index (χ1) is 22.1. The molecule has 4 N–H and O–H groups in total. The average Bonchev–Trinajstić information content (AvgIpc) is 3.04. The van der Waals surface area contributed by atoms with E-state index in [1.165, 1.54) is 0 Å². The maximum atomic E-state index is 12.9. The Morgan fingerprint density at radius 2 is 0.979 bits per heavy atom. The van der Waals surface area contributed by atoms with Gasteiger partial charge in [-0.15, -0.1) is 0 Å². The lowest BCUT2D eigenvalue weighted by atomic mass is 9.70. The molecule has 0 bridgehead atoms. The summed E-state index contributed by atoms with van der Waals surface area (Å²) in [6, 6.07) is 15.7. The maximum Gasteiger partial charge on any atom is 0.411 e. The minimum Gasteiger partial charge on any atom is -0.446 e. The minimum atomic E-state index is -0.414. The number of ether oxygens (including phenoxy) is 2. The summed E-state index contributed by atoms with van der Waals surface area (Å²) in [7, 11) is 0. The molecule has 4 rings (SSSR count). The average molecular weight is 649 g/mol. The summed E-state index contributed by atoms with van der Waals surface area (Å²) < 4.78 is 12.0. The van der Waals surface area contributed by atoms with Crippen LogP contribution in [0.5, 0.6) is 0 Å². The number of carbonyl (C=O) groups excluding carboxylic acids is 2. The lowest BCUT2D eigenvalue weighted by Gasteiger charge is -2.52. The predicted molar refractivity (Wildman–Crippen MR) is 192 cm³/mol. The van der Waals surface area contributed by atoms with Gasteiger partial charge in [-0.1, -0.05) is 65.8 Å². The topological polar surface area (TPSA) is 101 Å². The molecule has 0 aliphatic carbocycles. The molecule has 0 radical (unpaired) electrons. The standard InChI is InChI=1S/C39H60N4O4/c1-11-36(7)24-32(26(5)38(9,13-3)42-36)46-34(44)40-30-19-15-28(16-20-30)23-29-17-21-31(22-18-29)41-35(45)47-33-25-37(8,12-2)43-39(10,14-4)27(33)6/h15-22,26-27,32-33,42-43H,11-14,23-25H2,1-10H3,(H,40,44)(H,41,45). The molecule has 8 nitrogen and oxygen atoms in total. The normalized spacial score (nSPS) is 33.9. The summed E-state index contributed by atoms with van der Waals surface area (Å²) in [5.74, 6) is 0.389. The summed E-state index contributed by atoms with van der Waals surface area (Å²) in [5.41, 5.74) is 3.33. The number of piperidine rings is 2. The molecule has 2 aromatic rings. The number of anilines is 2. The molecular weight excluding hydrogens is 588 g/mol. The van der Waals surface area contributed by atoms with Gasteiger partial charge in [0.05, 0.1) is 0 Å². The Bertz CT molecular complexity index is 1260. The number of hydrogen-bond acceptors (Lipinski definition) is 6. The number of hydrogen-bond donors (Lipinski definition) is 4. The van der Waals surface area contributed by atoms with E-state index < -0.39 is 12.2 Å². The molecular formula is C39H60N4O4. The molecule has 2 aromatic carbocycles. The van der Waals surface area contributed by atoms with E-state index in [9.17, 15) is 9.59 Å². The smallest absolute Gasteiger partial charge is 0.411 e. The van der Waals surface area contributed by atoms with Crippen molar-refractivity contribution in [2.45, 2.75) is 149 Å². The monoisotopic (exact) mass is 648 g/mol. The number of amides is 2. The van der Waals surface area contributed by atoms with Crippen LogP contribution in [0.2, 0.25) is 0 Å². The van der Waals surface area contributed by atoms with Crippen LogP contribution in [0.3, 0.4) is 0 Å². The van der Waals surface area contributed by atoms with Gasteiger partial charge in [-0.25, -0.2) is 9.59 Å². The van der Waals surface area contributed by atoms with E-state index in [2.05, 4.69) is 90.5 Å². The van der Waals surface area contributed by atoms with Gasteiger partial charge in [0.2, 0.25) is 0 Å². The van der Waals surface area contributed by atoms with Crippen molar-refractivity contribution in [2.75, 3.05) is 10.6 Å². The molecule has 8 atom stereocenters. The van der Waals surface area contributed by atoms with Crippen molar-refractivity contribution < 1.29 is 19.1 Å². The highest BCUT2D eigenvalue weighted by molar-refractivity contribution is 5.85. The lowest BCUT2D eigenvalue weighted by molar-refractivity contribution is -0.0338. The van der Waals surface area contributed by atoms with E-state index in [0.29, 0.717) is 11.4 Å². The van der Waals surface area contributed by atoms with Crippen molar-refractivity contribution >= 4 is 23.6 Å². The molecule has 8 unspecified atom stereocenters. The van der Waals surface area contributed by atoms with E-state index in [1.54, 1.807) is 0 Å². The molecule has 8 heteroatoms. The van der Waals surface area contributed by atoms with Crippen LogP contribution in [0.1, 0.15) is 119 Å². The Balaban J connectivity index is 1.29. The van der Waals surface area contributed by atoms with Gasteiger partial charge in [0.15, 0.2) is 0 Å². The summed E-state index contributed by atoms with van der Waals surface area (Å²) in [4.78, 5) is 25.9. The number of rotatable bonds is 10. The zero-order chi connectivity index (χ0) is 34.6. The third kappa shape index (κ3) is 8.69. The van der Waals surface area contributed by atoms with Crippen LogP contribution in [0, 0.1) is 11.8 Å². The van der Waals surface area contributed by atoms with Gasteiger partial charge in [0.1, 0.15) is 12.2 Å². The fourth-order valence-electron chi connectivity index (χ4n) is 7.56. The molecule has 0 saturated carbocycles. The van der Waals surface area contributed by atoms with Crippen molar-refractivity contribution in [1.29, 1.82) is 0 Å². The van der Waals surface area contributed by atoms with Crippen LogP contribution in [0.4, 0.5) is 21.0 Å². The second-order valence-electron chi connectivity index (χ2n) is 15.3. The van der Waals surface area contributed by atoms with Gasteiger partial charge in [-0.05, 0) is 95.2 Å². The van der Waals surface area contributed by atoms with Crippen LogP contribution < -0.4 is 21.3 Å². The van der Waals surface area contributed by atoms with Crippen LogP contribution in [-0.4, -0.2) is 46.6 Å². The quantitative estimate of drug-likeness (QED) is 0.205. The van der Waals surface area contributed by atoms with E-state index in [1.807, 2.05) is 48.5 Å². The van der Waals surface area contributed by atoms with E-state index in [-0.39, 0.29) is 46.2 Å². The van der Waals surface area contributed by atoms with Gasteiger partial charge in [0, 0.05) is 58.2 Å². The Morgan fingerprint density at radius 3 is 1.28 bits per heavy atom. The Labute approximate surface area is 283 Å². The largest absolute Gasteiger partial charge is 0.446 e. The van der Waals surface area contributed by atoms with Crippen LogP contribution in [0.15, 0.2) is 48.5 Å². The SMILES string of the molecule is CCC1(C)CC(OC(=O)Nc2ccc(Cc3ccc(NC(=O)OC4CC(C)(CC)NC(C)(CC)C4C)cc3)cc2)C(C)C(C)(CC)N1. The number of carbonyl (C=O) groups is 2. The molecule has 2 amide bonds. The fourth-order valence-corrected chi connectivity index (χ4v) is 7.56. The number of benzene rings is 2. The molecule has 2 aliphatic heterocycles. The second-order valence-corrected chi connectivity index (χ2v) is 15.3. The Hall–Kier alpha value is -3.10. The van der Waals surface area contributed by atoms with E-state index in [4.69, 9.17) is 9.47 Å². The third-order valence-electron chi connectivity index (χ3n) is 12.0. The summed E-state index contributed by atoms with van der Waals surface area (Å²) >= 11 is 0. The number of nitrogens with one attached hydrogen (secondary N) is 4. The first-order valence-electron chi connectivity index (χ1n) is 17.8. The van der Waals surface area contributed by atoms with Crippen molar-refractivity contribution in [3.8, 4) is 0 Å². The zero-order valence-corrected chi connectivity index (χ0v) is 30.5. The highest BCUT2D eigenvalue weighted by atomic mass is 16.6. The van der Waals surface area contributed by atoms with Crippen molar-refractivity contribution in [2.24, 2.45) is 11.8 Å². The van der Waals surface area contributed by atoms with Crippen LogP contribution in [0.25, 0.3) is 0 Å². The molecule has 2 heterocycles. The third-order valence-corrected chi connectivity index (χ3v) is 12.0. The van der Waals surface area contributed by atoms with E-state index >= 15 is 0 Å². The summed E-state index contributed by atoms with van der Waals surface area (Å²) in [6.07, 6.45) is 5.03. The molecule has 0 spiro atoms. The highest BCUT2D eigenvalue weighted by Crippen LogP contribution is 2.40. The van der Waals surface area contributed by atoms with Gasteiger partial charge in [-0.3, -0.25) is 10.6 Å². The molecule has 260 valence electrons. The molecule has 2 saturated heterocycles. The molecule has 2 aliphatic rings. The van der Waals surface area contributed by atoms with E-state index in [0.717, 1.165) is 56.1 Å². The Morgan fingerprint density at radius 1 is 0.638 bits per heavy atom. The minimum absolute atomic E-state index is 0.0683. The highest BCUT2D eigenvalue weighted by Gasteiger charge is 2.49. The predicted octanol–water partition coefficient (Wildman–Crippen LogP) is 9.05. The second kappa shape index (κ2) is 14.6. The molecule has 0 aromatic heterocycles.